The lowest BCUT2D eigenvalue weighted by atomic mass is 9.79. The van der Waals surface area contributed by atoms with E-state index < -0.39 is 23.2 Å². The molecular weight excluding hydrogens is 485 g/mol. The summed E-state index contributed by atoms with van der Waals surface area (Å²) in [5.41, 5.74) is -1.21. The van der Waals surface area contributed by atoms with Crippen molar-refractivity contribution >= 4 is 11.8 Å². The molecule has 2 amide bonds. The lowest BCUT2D eigenvalue weighted by Crippen LogP contribution is -2.47. The normalized spacial score (nSPS) is 28.2. The summed E-state index contributed by atoms with van der Waals surface area (Å²) < 4.78 is 38.8. The Morgan fingerprint density at radius 2 is 1.78 bits per heavy atom. The van der Waals surface area contributed by atoms with E-state index in [1.54, 1.807) is 6.20 Å². The first-order valence-electron chi connectivity index (χ1n) is 12.8. The Bertz CT molecular complexity index is 1140. The maximum absolute atomic E-state index is 12.9. The number of alkyl halides is 3. The van der Waals surface area contributed by atoms with Gasteiger partial charge in [-0.25, -0.2) is 0 Å². The maximum Gasteiger partial charge on any atom is 0.416 e. The summed E-state index contributed by atoms with van der Waals surface area (Å²) in [6, 6.07) is 10.4. The van der Waals surface area contributed by atoms with Gasteiger partial charge < -0.3 is 15.3 Å². The molecular formula is C27H31F3N4O3. The average Bonchev–Trinajstić information content (AvgIpc) is 3.50. The Morgan fingerprint density at radius 3 is 2.49 bits per heavy atom. The first-order chi connectivity index (χ1) is 17.7. The van der Waals surface area contributed by atoms with E-state index in [2.05, 4.69) is 15.2 Å². The predicted octanol–water partition coefficient (Wildman–Crippen LogP) is 3.34. The Kier molecular flexibility index (Phi) is 6.97. The van der Waals surface area contributed by atoms with Gasteiger partial charge in [0.2, 0.25) is 5.91 Å². The van der Waals surface area contributed by atoms with Crippen LogP contribution >= 0.6 is 0 Å². The molecule has 5 rings (SSSR count). The van der Waals surface area contributed by atoms with Gasteiger partial charge >= 0.3 is 6.18 Å². The van der Waals surface area contributed by atoms with Crippen LogP contribution in [0.2, 0.25) is 0 Å². The van der Waals surface area contributed by atoms with Crippen molar-refractivity contribution < 1.29 is 27.9 Å². The molecule has 2 saturated heterocycles. The fourth-order valence-corrected chi connectivity index (χ4v) is 6.28. The molecule has 2 N–H and O–H groups in total. The zero-order valence-corrected chi connectivity index (χ0v) is 20.5. The van der Waals surface area contributed by atoms with Crippen LogP contribution in [0, 0.1) is 0 Å². The molecule has 3 aliphatic rings. The third-order valence-corrected chi connectivity index (χ3v) is 8.18. The number of likely N-dealkylation sites (tertiary alicyclic amines) is 2. The number of rotatable bonds is 5. The van der Waals surface area contributed by atoms with Crippen LogP contribution in [0.15, 0.2) is 48.7 Å². The smallest absolute Gasteiger partial charge is 0.384 e. The fourth-order valence-electron chi connectivity index (χ4n) is 6.28. The molecule has 1 saturated carbocycles. The van der Waals surface area contributed by atoms with E-state index in [9.17, 15) is 27.9 Å². The van der Waals surface area contributed by atoms with E-state index in [1.807, 2.05) is 23.1 Å². The molecule has 1 aliphatic carbocycles. The number of halogens is 3. The number of nitrogens with one attached hydrogen (secondary N) is 1. The minimum Gasteiger partial charge on any atom is -0.384 e. The van der Waals surface area contributed by atoms with Gasteiger partial charge in [-0.15, -0.1) is 0 Å². The summed E-state index contributed by atoms with van der Waals surface area (Å²) in [5, 5.41) is 13.6. The first-order valence-corrected chi connectivity index (χ1v) is 12.8. The van der Waals surface area contributed by atoms with Crippen LogP contribution in [0.3, 0.4) is 0 Å². The highest BCUT2D eigenvalue weighted by molar-refractivity contribution is 5.96. The highest BCUT2D eigenvalue weighted by Crippen LogP contribution is 2.41. The topological polar surface area (TPSA) is 85.8 Å². The zero-order valence-electron chi connectivity index (χ0n) is 20.5. The van der Waals surface area contributed by atoms with Crippen molar-refractivity contribution in [2.75, 3.05) is 19.6 Å². The largest absolute Gasteiger partial charge is 0.416 e. The molecule has 2 atom stereocenters. The second-order valence-electron chi connectivity index (χ2n) is 10.3. The van der Waals surface area contributed by atoms with Crippen molar-refractivity contribution in [3.8, 4) is 0 Å². The van der Waals surface area contributed by atoms with Gasteiger partial charge in [-0.2, -0.15) is 13.2 Å². The summed E-state index contributed by atoms with van der Waals surface area (Å²) in [6.07, 6.45) is 1.86. The van der Waals surface area contributed by atoms with Gasteiger partial charge in [0.1, 0.15) is 5.60 Å². The molecule has 198 valence electrons. The van der Waals surface area contributed by atoms with Gasteiger partial charge in [-0.1, -0.05) is 12.1 Å². The van der Waals surface area contributed by atoms with Crippen molar-refractivity contribution in [1.29, 1.82) is 0 Å². The molecule has 10 heteroatoms. The van der Waals surface area contributed by atoms with Crippen LogP contribution in [0.1, 0.15) is 60.1 Å². The van der Waals surface area contributed by atoms with Crippen molar-refractivity contribution in [3.05, 3.63) is 65.5 Å². The van der Waals surface area contributed by atoms with E-state index >= 15 is 0 Å². The van der Waals surface area contributed by atoms with Crippen LogP contribution in [0.5, 0.6) is 0 Å². The number of hydrogen-bond donors (Lipinski definition) is 2. The van der Waals surface area contributed by atoms with E-state index in [0.717, 1.165) is 50.1 Å². The standard InChI is InChI=1S/C27H31F3N4O3/c28-27(29,30)19-5-3-4-18(16-19)25(36)32-17-24(35)34-15-10-21-22(34)9-14-33(21)20-7-11-26(37,12-8-20)23-6-1-2-13-31-23/h1-6,13,16,20-22,37H,7-12,14-15,17H2,(H,32,36)/t20-,21?,22?,26-. The molecule has 1 aromatic heterocycles. The molecule has 2 aromatic rings. The van der Waals surface area contributed by atoms with E-state index in [1.165, 1.54) is 12.1 Å². The predicted molar refractivity (Wildman–Crippen MR) is 129 cm³/mol. The second-order valence-corrected chi connectivity index (χ2v) is 10.3. The summed E-state index contributed by atoms with van der Waals surface area (Å²) in [7, 11) is 0. The van der Waals surface area contributed by atoms with Gasteiger partial charge in [0, 0.05) is 43.0 Å². The number of carbonyl (C=O) groups excluding carboxylic acids is 2. The Hall–Kier alpha value is -2.98. The highest BCUT2D eigenvalue weighted by Gasteiger charge is 2.48. The van der Waals surface area contributed by atoms with E-state index in [-0.39, 0.29) is 30.1 Å². The number of fused-ring (bicyclic) bond motifs is 1. The van der Waals surface area contributed by atoms with Crippen molar-refractivity contribution in [2.45, 2.75) is 68.4 Å². The van der Waals surface area contributed by atoms with Crippen molar-refractivity contribution in [1.82, 2.24) is 20.1 Å². The second kappa shape index (κ2) is 10.1. The number of benzene rings is 1. The van der Waals surface area contributed by atoms with Crippen LogP contribution in [-0.4, -0.2) is 69.5 Å². The fraction of sp³-hybridized carbons (Fsp3) is 0.519. The molecule has 7 nitrogen and oxygen atoms in total. The van der Waals surface area contributed by atoms with Crippen LogP contribution < -0.4 is 5.32 Å². The van der Waals surface area contributed by atoms with Crippen LogP contribution in [-0.2, 0) is 16.6 Å². The Labute approximate surface area is 213 Å². The van der Waals surface area contributed by atoms with Gasteiger partial charge in [-0.05, 0) is 68.9 Å². The molecule has 37 heavy (non-hydrogen) atoms. The summed E-state index contributed by atoms with van der Waals surface area (Å²) in [5.74, 6) is -0.923. The first kappa shape index (κ1) is 25.7. The summed E-state index contributed by atoms with van der Waals surface area (Å²) in [4.78, 5) is 34.0. The number of carbonyl (C=O) groups is 2. The Balaban J connectivity index is 1.14. The molecule has 3 heterocycles. The summed E-state index contributed by atoms with van der Waals surface area (Å²) in [6.45, 7) is 1.22. The van der Waals surface area contributed by atoms with Gasteiger partial charge in [0.05, 0.1) is 17.8 Å². The molecule has 0 radical (unpaired) electrons. The summed E-state index contributed by atoms with van der Waals surface area (Å²) >= 11 is 0. The molecule has 2 unspecified atom stereocenters. The molecule has 3 fully saturated rings. The molecule has 0 bridgehead atoms. The monoisotopic (exact) mass is 516 g/mol. The lowest BCUT2D eigenvalue weighted by molar-refractivity contribution is -0.137. The third-order valence-electron chi connectivity index (χ3n) is 8.18. The lowest BCUT2D eigenvalue weighted by Gasteiger charge is -2.41. The highest BCUT2D eigenvalue weighted by atomic mass is 19.4. The molecule has 1 aromatic carbocycles. The SMILES string of the molecule is O=C(NCC(=O)N1CCC2C1CCN2[C@H]1CC[C@@](O)(c2ccccn2)CC1)c1cccc(C(F)(F)F)c1. The molecule has 2 aliphatic heterocycles. The van der Waals surface area contributed by atoms with E-state index in [0.29, 0.717) is 25.4 Å². The van der Waals surface area contributed by atoms with Gasteiger partial charge in [0.25, 0.3) is 5.91 Å². The quantitative estimate of drug-likeness (QED) is 0.637. The minimum absolute atomic E-state index is 0.0644. The zero-order chi connectivity index (χ0) is 26.2. The van der Waals surface area contributed by atoms with Crippen LogP contribution in [0.25, 0.3) is 0 Å². The van der Waals surface area contributed by atoms with Crippen molar-refractivity contribution in [2.24, 2.45) is 0 Å². The number of hydrogen-bond acceptors (Lipinski definition) is 5. The number of amides is 2. The number of aromatic nitrogens is 1. The molecule has 0 spiro atoms. The maximum atomic E-state index is 12.9. The van der Waals surface area contributed by atoms with E-state index in [4.69, 9.17) is 0 Å². The Morgan fingerprint density at radius 1 is 1.03 bits per heavy atom. The minimum atomic E-state index is -4.54. The third kappa shape index (κ3) is 5.22. The van der Waals surface area contributed by atoms with Gasteiger partial charge in [0.15, 0.2) is 0 Å². The number of aliphatic hydroxyl groups is 1. The average molecular weight is 517 g/mol. The van der Waals surface area contributed by atoms with Crippen molar-refractivity contribution in [3.63, 3.8) is 0 Å². The number of pyridine rings is 1. The van der Waals surface area contributed by atoms with Gasteiger partial charge in [-0.3, -0.25) is 19.5 Å². The number of nitrogens with zero attached hydrogens (tertiary/aromatic N) is 3. The van der Waals surface area contributed by atoms with Crippen LogP contribution in [0.4, 0.5) is 13.2 Å².